The number of hydrogen-bond acceptors (Lipinski definition) is 6. The van der Waals surface area contributed by atoms with Crippen LogP contribution in [0.1, 0.15) is 5.56 Å². The summed E-state index contributed by atoms with van der Waals surface area (Å²) in [5, 5.41) is 7.98. The second kappa shape index (κ2) is 9.20. The molecule has 0 spiro atoms. The van der Waals surface area contributed by atoms with Crippen LogP contribution in [0.3, 0.4) is 0 Å². The maximum absolute atomic E-state index is 11.9. The first kappa shape index (κ1) is 20.8. The monoisotopic (exact) mass is 447 g/mol. The Balaban J connectivity index is 1.36. The fourth-order valence-corrected chi connectivity index (χ4v) is 4.41. The summed E-state index contributed by atoms with van der Waals surface area (Å²) in [5.74, 6) is 0.536. The molecule has 164 valence electrons. The van der Waals surface area contributed by atoms with E-state index in [0.29, 0.717) is 5.95 Å². The van der Waals surface area contributed by atoms with E-state index < -0.39 is 10.8 Å². The van der Waals surface area contributed by atoms with Gasteiger partial charge in [-0.1, -0.05) is 30.3 Å². The zero-order chi connectivity index (χ0) is 21.9. The third-order valence-corrected chi connectivity index (χ3v) is 6.46. The lowest BCUT2D eigenvalue weighted by atomic mass is 10.1. The molecule has 2 aromatic carbocycles. The maximum Gasteiger partial charge on any atom is 0.247 e. The molecule has 0 aliphatic carbocycles. The quantitative estimate of drug-likeness (QED) is 0.486. The molecule has 1 N–H and O–H groups in total. The first-order valence-corrected chi connectivity index (χ1v) is 12.2. The molecule has 0 bridgehead atoms. The Hall–Kier alpha value is -3.07. The third kappa shape index (κ3) is 4.57. The number of fused-ring (bicyclic) bond motifs is 1. The van der Waals surface area contributed by atoms with Crippen LogP contribution in [-0.2, 0) is 22.1 Å². The van der Waals surface area contributed by atoms with Gasteiger partial charge in [0.25, 0.3) is 0 Å². The number of aromatic nitrogens is 3. The van der Waals surface area contributed by atoms with Gasteiger partial charge in [-0.3, -0.25) is 9.11 Å². The van der Waals surface area contributed by atoms with Crippen LogP contribution in [0.5, 0.6) is 0 Å². The van der Waals surface area contributed by atoms with E-state index in [2.05, 4.69) is 44.6 Å². The predicted octanol–water partition coefficient (Wildman–Crippen LogP) is 3.71. The Morgan fingerprint density at radius 3 is 2.59 bits per heavy atom. The van der Waals surface area contributed by atoms with Crippen LogP contribution in [0.15, 0.2) is 71.6 Å². The molecule has 8 heteroatoms. The van der Waals surface area contributed by atoms with Crippen molar-refractivity contribution < 1.29 is 8.95 Å². The van der Waals surface area contributed by atoms with E-state index in [4.69, 9.17) is 4.74 Å². The maximum atomic E-state index is 11.9. The van der Waals surface area contributed by atoms with Gasteiger partial charge in [0, 0.05) is 52.8 Å². The van der Waals surface area contributed by atoms with Gasteiger partial charge in [-0.15, -0.1) is 5.10 Å². The van der Waals surface area contributed by atoms with Gasteiger partial charge < -0.3 is 10.1 Å². The first-order valence-electron chi connectivity index (χ1n) is 10.6. The van der Waals surface area contributed by atoms with Crippen LogP contribution < -0.4 is 5.32 Å². The molecule has 32 heavy (non-hydrogen) atoms. The summed E-state index contributed by atoms with van der Waals surface area (Å²) >= 11 is 0. The second-order valence-corrected chi connectivity index (χ2v) is 9.19. The minimum Gasteiger partial charge on any atom is -0.379 e. The van der Waals surface area contributed by atoms with Crippen molar-refractivity contribution in [3.05, 3.63) is 72.3 Å². The molecule has 5 rings (SSSR count). The molecular weight excluding hydrogens is 422 g/mol. The van der Waals surface area contributed by atoms with Crippen LogP contribution in [-0.4, -0.2) is 56.3 Å². The molecule has 1 saturated heterocycles. The number of morpholine rings is 1. The van der Waals surface area contributed by atoms with Gasteiger partial charge in [-0.05, 0) is 42.0 Å². The standard InChI is InChI=1S/C24H25N5O2S/c1-32(30)21-5-2-4-19(16-21)22-6-3-7-23-26-24(27-29(22)23)25-20-10-8-18(9-11-20)17-28-12-14-31-15-13-28/h2-11,16H,12-15,17H2,1H3,(H,25,27). The molecule has 0 radical (unpaired) electrons. The van der Waals surface area contributed by atoms with Crippen LogP contribution in [0.25, 0.3) is 16.9 Å². The van der Waals surface area contributed by atoms with Crippen molar-refractivity contribution in [3.63, 3.8) is 0 Å². The lowest BCUT2D eigenvalue weighted by Crippen LogP contribution is -2.35. The van der Waals surface area contributed by atoms with E-state index in [9.17, 15) is 4.21 Å². The lowest BCUT2D eigenvalue weighted by Gasteiger charge is -2.26. The minimum absolute atomic E-state index is 0.536. The van der Waals surface area contributed by atoms with Gasteiger partial charge >= 0.3 is 0 Å². The fraction of sp³-hybridized carbons (Fsp3) is 0.250. The molecule has 1 atom stereocenters. The van der Waals surface area contributed by atoms with Crippen molar-refractivity contribution in [2.24, 2.45) is 0 Å². The Kier molecular flexibility index (Phi) is 5.98. The highest BCUT2D eigenvalue weighted by molar-refractivity contribution is 7.84. The molecule has 3 heterocycles. The second-order valence-electron chi connectivity index (χ2n) is 7.81. The smallest absolute Gasteiger partial charge is 0.247 e. The minimum atomic E-state index is -1.04. The number of nitrogens with one attached hydrogen (secondary N) is 1. The number of rotatable bonds is 6. The number of nitrogens with zero attached hydrogens (tertiary/aromatic N) is 4. The number of pyridine rings is 1. The van der Waals surface area contributed by atoms with Crippen molar-refractivity contribution in [2.45, 2.75) is 11.4 Å². The molecule has 1 fully saturated rings. The number of benzene rings is 2. The van der Waals surface area contributed by atoms with Crippen LogP contribution >= 0.6 is 0 Å². The van der Waals surface area contributed by atoms with Gasteiger partial charge in [0.2, 0.25) is 5.95 Å². The Morgan fingerprint density at radius 1 is 1.03 bits per heavy atom. The van der Waals surface area contributed by atoms with E-state index in [1.165, 1.54) is 5.56 Å². The van der Waals surface area contributed by atoms with E-state index in [0.717, 1.165) is 60.3 Å². The predicted molar refractivity (Wildman–Crippen MR) is 127 cm³/mol. The highest BCUT2D eigenvalue weighted by Crippen LogP contribution is 2.24. The zero-order valence-electron chi connectivity index (χ0n) is 17.9. The molecule has 2 aromatic heterocycles. The number of hydrogen-bond donors (Lipinski definition) is 1. The van der Waals surface area contributed by atoms with Crippen molar-refractivity contribution in [2.75, 3.05) is 37.9 Å². The highest BCUT2D eigenvalue weighted by atomic mass is 32.2. The van der Waals surface area contributed by atoms with Crippen molar-refractivity contribution in [1.29, 1.82) is 0 Å². The van der Waals surface area contributed by atoms with Gasteiger partial charge in [0.1, 0.15) is 0 Å². The first-order chi connectivity index (χ1) is 15.7. The SMILES string of the molecule is CS(=O)c1cccc(-c2cccc3nc(Nc4ccc(CN5CCOCC5)cc4)nn23)c1. The van der Waals surface area contributed by atoms with Crippen molar-refractivity contribution in [1.82, 2.24) is 19.5 Å². The van der Waals surface area contributed by atoms with Gasteiger partial charge in [0.15, 0.2) is 5.65 Å². The van der Waals surface area contributed by atoms with Crippen molar-refractivity contribution >= 4 is 28.1 Å². The van der Waals surface area contributed by atoms with Crippen molar-refractivity contribution in [3.8, 4) is 11.3 Å². The van der Waals surface area contributed by atoms with Gasteiger partial charge in [0.05, 0.1) is 18.9 Å². The molecule has 1 aliphatic heterocycles. The lowest BCUT2D eigenvalue weighted by molar-refractivity contribution is 0.0342. The normalized spacial score (nSPS) is 15.7. The zero-order valence-corrected chi connectivity index (χ0v) is 18.7. The number of anilines is 2. The summed E-state index contributed by atoms with van der Waals surface area (Å²) in [6.45, 7) is 4.50. The van der Waals surface area contributed by atoms with Gasteiger partial charge in [-0.2, -0.15) is 4.98 Å². The topological polar surface area (TPSA) is 71.8 Å². The van der Waals surface area contributed by atoms with Crippen LogP contribution in [0.4, 0.5) is 11.6 Å². The average molecular weight is 448 g/mol. The molecule has 0 saturated carbocycles. The third-order valence-electron chi connectivity index (χ3n) is 5.54. The summed E-state index contributed by atoms with van der Waals surface area (Å²) in [7, 11) is -1.04. The average Bonchev–Trinajstić information content (AvgIpc) is 3.23. The summed E-state index contributed by atoms with van der Waals surface area (Å²) in [4.78, 5) is 7.82. The Labute approximate surface area is 189 Å². The summed E-state index contributed by atoms with van der Waals surface area (Å²) in [5.41, 5.74) is 4.81. The van der Waals surface area contributed by atoms with E-state index in [-0.39, 0.29) is 0 Å². The molecule has 7 nitrogen and oxygen atoms in total. The summed E-state index contributed by atoms with van der Waals surface area (Å²) in [6, 6.07) is 22.0. The molecule has 0 amide bonds. The van der Waals surface area contributed by atoms with Crippen LogP contribution in [0.2, 0.25) is 0 Å². The largest absolute Gasteiger partial charge is 0.379 e. The van der Waals surface area contributed by atoms with Crippen LogP contribution in [0, 0.1) is 0 Å². The summed E-state index contributed by atoms with van der Waals surface area (Å²) < 4.78 is 19.1. The number of ether oxygens (including phenoxy) is 1. The molecular formula is C24H25N5O2S. The van der Waals surface area contributed by atoms with Gasteiger partial charge in [-0.25, -0.2) is 4.52 Å². The Bertz CT molecular complexity index is 1250. The fourth-order valence-electron chi connectivity index (χ4n) is 3.85. The highest BCUT2D eigenvalue weighted by Gasteiger charge is 2.12. The molecule has 4 aromatic rings. The summed E-state index contributed by atoms with van der Waals surface area (Å²) in [6.07, 6.45) is 1.68. The van der Waals surface area contributed by atoms with E-state index in [1.807, 2.05) is 47.0 Å². The van der Waals surface area contributed by atoms with E-state index in [1.54, 1.807) is 6.26 Å². The van der Waals surface area contributed by atoms with E-state index >= 15 is 0 Å². The molecule has 1 unspecified atom stereocenters. The molecule has 1 aliphatic rings. The Morgan fingerprint density at radius 2 is 1.81 bits per heavy atom.